The van der Waals surface area contributed by atoms with Gasteiger partial charge in [0.2, 0.25) is 5.89 Å². The molecule has 198 valence electrons. The van der Waals surface area contributed by atoms with Gasteiger partial charge in [-0.3, -0.25) is 0 Å². The molecule has 9 rings (SSSR count). The van der Waals surface area contributed by atoms with Crippen molar-refractivity contribution in [3.05, 3.63) is 139 Å². The highest BCUT2D eigenvalue weighted by Gasteiger charge is 2.37. The van der Waals surface area contributed by atoms with Crippen LogP contribution in [0.5, 0.6) is 0 Å². The summed E-state index contributed by atoms with van der Waals surface area (Å²) in [5, 5.41) is 7.18. The molecule has 0 amide bonds. The summed E-state index contributed by atoms with van der Waals surface area (Å²) in [5.74, 6) is 0.650. The number of nitrogens with zero attached hydrogens (tertiary/aromatic N) is 1. The first kappa shape index (κ1) is 23.5. The molecule has 0 aliphatic heterocycles. The van der Waals surface area contributed by atoms with Gasteiger partial charge in [-0.05, 0) is 90.6 Å². The maximum absolute atomic E-state index is 6.53. The molecule has 42 heavy (non-hydrogen) atoms. The highest BCUT2D eigenvalue weighted by molar-refractivity contribution is 6.19. The van der Waals surface area contributed by atoms with E-state index in [4.69, 9.17) is 9.40 Å². The van der Waals surface area contributed by atoms with E-state index < -0.39 is 0 Å². The fourth-order valence-electron chi connectivity index (χ4n) is 7.19. The van der Waals surface area contributed by atoms with E-state index in [0.29, 0.717) is 5.89 Å². The van der Waals surface area contributed by atoms with Crippen molar-refractivity contribution in [1.82, 2.24) is 4.98 Å². The Labute approximate surface area is 243 Å². The van der Waals surface area contributed by atoms with Crippen LogP contribution >= 0.6 is 0 Å². The summed E-state index contributed by atoms with van der Waals surface area (Å²) >= 11 is 0. The van der Waals surface area contributed by atoms with E-state index in [1.54, 1.807) is 0 Å². The Morgan fingerprint density at radius 3 is 2.19 bits per heavy atom. The smallest absolute Gasteiger partial charge is 0.227 e. The third-order valence-corrected chi connectivity index (χ3v) is 9.26. The van der Waals surface area contributed by atoms with Gasteiger partial charge in [-0.1, -0.05) is 111 Å². The number of hydrogen-bond donors (Lipinski definition) is 0. The minimum Gasteiger partial charge on any atom is -0.435 e. The molecule has 1 aromatic heterocycles. The van der Waals surface area contributed by atoms with Crippen LogP contribution < -0.4 is 0 Å². The highest BCUT2D eigenvalue weighted by Crippen LogP contribution is 2.54. The molecule has 1 heterocycles. The lowest BCUT2D eigenvalue weighted by molar-refractivity contribution is 0.623. The number of fused-ring (bicyclic) bond motifs is 9. The lowest BCUT2D eigenvalue weighted by Crippen LogP contribution is -2.14. The lowest BCUT2D eigenvalue weighted by atomic mass is 9.80. The average Bonchev–Trinajstić information content (AvgIpc) is 3.57. The maximum Gasteiger partial charge on any atom is 0.227 e. The zero-order chi connectivity index (χ0) is 28.0. The van der Waals surface area contributed by atoms with Gasteiger partial charge in [-0.25, -0.2) is 4.98 Å². The second kappa shape index (κ2) is 8.41. The van der Waals surface area contributed by atoms with Crippen LogP contribution in [0.15, 0.2) is 132 Å². The molecule has 0 saturated carbocycles. The van der Waals surface area contributed by atoms with Crippen molar-refractivity contribution in [3.8, 4) is 33.7 Å². The van der Waals surface area contributed by atoms with Crippen LogP contribution in [0.4, 0.5) is 0 Å². The molecule has 0 N–H and O–H groups in total. The number of oxazole rings is 1. The molecule has 0 spiro atoms. The summed E-state index contributed by atoms with van der Waals surface area (Å²) in [6.45, 7) is 4.71. The van der Waals surface area contributed by atoms with E-state index in [0.717, 1.165) is 27.4 Å². The largest absolute Gasteiger partial charge is 0.435 e. The molecule has 0 fully saturated rings. The van der Waals surface area contributed by atoms with Crippen LogP contribution in [-0.4, -0.2) is 4.98 Å². The molecule has 0 radical (unpaired) electrons. The first-order valence-corrected chi connectivity index (χ1v) is 14.6. The summed E-state index contributed by atoms with van der Waals surface area (Å²) in [6.07, 6.45) is 0. The molecule has 1 aliphatic rings. The molecule has 0 unspecified atom stereocenters. The monoisotopic (exact) mass is 537 g/mol. The Morgan fingerprint density at radius 1 is 0.548 bits per heavy atom. The summed E-state index contributed by atoms with van der Waals surface area (Å²) in [6, 6.07) is 45.9. The fraction of sp³-hybridized carbons (Fsp3) is 0.0750. The minimum absolute atomic E-state index is 0.0753. The topological polar surface area (TPSA) is 26.0 Å². The first-order chi connectivity index (χ1) is 20.6. The van der Waals surface area contributed by atoms with E-state index in [9.17, 15) is 0 Å². The van der Waals surface area contributed by atoms with Gasteiger partial charge in [0.25, 0.3) is 0 Å². The quantitative estimate of drug-likeness (QED) is 0.205. The van der Waals surface area contributed by atoms with Gasteiger partial charge in [0.15, 0.2) is 5.58 Å². The number of aromatic nitrogens is 1. The second-order valence-corrected chi connectivity index (χ2v) is 12.0. The van der Waals surface area contributed by atoms with Crippen LogP contribution in [0.2, 0.25) is 0 Å². The Morgan fingerprint density at radius 2 is 1.29 bits per heavy atom. The number of rotatable bonds is 2. The minimum atomic E-state index is -0.0753. The zero-order valence-corrected chi connectivity index (χ0v) is 23.5. The number of hydrogen-bond acceptors (Lipinski definition) is 2. The van der Waals surface area contributed by atoms with E-state index >= 15 is 0 Å². The van der Waals surface area contributed by atoms with Gasteiger partial charge >= 0.3 is 0 Å². The SMILES string of the molecule is CC1(C)c2ccccc2-c2c1cc1ccccc1c2-c1ccc2ccc3ccc4nc(-c5ccccc5)oc4c3c2c1. The van der Waals surface area contributed by atoms with Crippen molar-refractivity contribution >= 4 is 43.4 Å². The van der Waals surface area contributed by atoms with Crippen molar-refractivity contribution in [1.29, 1.82) is 0 Å². The van der Waals surface area contributed by atoms with Crippen molar-refractivity contribution in [3.63, 3.8) is 0 Å². The van der Waals surface area contributed by atoms with E-state index in [1.807, 2.05) is 30.3 Å². The molecule has 8 aromatic rings. The molecule has 0 atom stereocenters. The summed E-state index contributed by atoms with van der Waals surface area (Å²) in [4.78, 5) is 4.88. The lowest BCUT2D eigenvalue weighted by Gasteiger charge is -2.23. The fourth-order valence-corrected chi connectivity index (χ4v) is 7.19. The maximum atomic E-state index is 6.53. The molecule has 0 bridgehead atoms. The van der Waals surface area contributed by atoms with Crippen LogP contribution in [0, 0.1) is 0 Å². The Hall–Kier alpha value is -5.21. The normalized spacial score (nSPS) is 13.7. The molecule has 2 heteroatoms. The van der Waals surface area contributed by atoms with Gasteiger partial charge < -0.3 is 4.42 Å². The molecule has 2 nitrogen and oxygen atoms in total. The van der Waals surface area contributed by atoms with Crippen LogP contribution in [0.3, 0.4) is 0 Å². The van der Waals surface area contributed by atoms with Gasteiger partial charge in [0.1, 0.15) is 5.52 Å². The molecular formula is C40H27NO. The summed E-state index contributed by atoms with van der Waals surface area (Å²) < 4.78 is 6.53. The van der Waals surface area contributed by atoms with Crippen LogP contribution in [-0.2, 0) is 5.41 Å². The predicted octanol–water partition coefficient (Wildman–Crippen LogP) is 10.9. The predicted molar refractivity (Wildman–Crippen MR) is 175 cm³/mol. The van der Waals surface area contributed by atoms with Gasteiger partial charge in [-0.2, -0.15) is 0 Å². The Bertz CT molecular complexity index is 2380. The van der Waals surface area contributed by atoms with Crippen LogP contribution in [0.25, 0.3) is 77.1 Å². The highest BCUT2D eigenvalue weighted by atomic mass is 16.3. The van der Waals surface area contributed by atoms with Crippen molar-refractivity contribution < 1.29 is 4.42 Å². The van der Waals surface area contributed by atoms with Gasteiger partial charge in [-0.15, -0.1) is 0 Å². The average molecular weight is 538 g/mol. The first-order valence-electron chi connectivity index (χ1n) is 14.6. The van der Waals surface area contributed by atoms with E-state index in [-0.39, 0.29) is 5.41 Å². The van der Waals surface area contributed by atoms with Crippen molar-refractivity contribution in [2.45, 2.75) is 19.3 Å². The molecule has 1 aliphatic carbocycles. The second-order valence-electron chi connectivity index (χ2n) is 12.0. The Kier molecular flexibility index (Phi) is 4.70. The summed E-state index contributed by atoms with van der Waals surface area (Å²) in [5.41, 5.74) is 10.6. The van der Waals surface area contributed by atoms with E-state index in [2.05, 4.69) is 111 Å². The van der Waals surface area contributed by atoms with Crippen molar-refractivity contribution in [2.75, 3.05) is 0 Å². The number of benzene rings is 7. The third-order valence-electron chi connectivity index (χ3n) is 9.26. The van der Waals surface area contributed by atoms with Crippen molar-refractivity contribution in [2.24, 2.45) is 0 Å². The molecular weight excluding hydrogens is 510 g/mol. The molecule has 7 aromatic carbocycles. The third kappa shape index (κ3) is 3.18. The standard InChI is InChI=1S/C40H27NO/c1-40(2)32-15-9-8-14-30(32)37-33(40)23-27-12-6-7-13-29(27)35(37)28-19-17-24-16-18-25-20-21-34-38(36(25)31(24)22-28)42-39(41-34)26-10-4-3-5-11-26/h3-23H,1-2H3. The van der Waals surface area contributed by atoms with Gasteiger partial charge in [0, 0.05) is 16.4 Å². The summed E-state index contributed by atoms with van der Waals surface area (Å²) in [7, 11) is 0. The molecule has 0 saturated heterocycles. The zero-order valence-electron chi connectivity index (χ0n) is 23.5. The van der Waals surface area contributed by atoms with Gasteiger partial charge in [0.05, 0.1) is 0 Å². The van der Waals surface area contributed by atoms with E-state index in [1.165, 1.54) is 54.9 Å². The van der Waals surface area contributed by atoms with Crippen LogP contribution in [0.1, 0.15) is 25.0 Å². The Balaban J connectivity index is 1.38.